The fourth-order valence-corrected chi connectivity index (χ4v) is 3.00. The molecule has 0 aliphatic heterocycles. The van der Waals surface area contributed by atoms with Crippen molar-refractivity contribution < 1.29 is 4.79 Å². The third-order valence-corrected chi connectivity index (χ3v) is 4.69. The first-order valence-corrected chi connectivity index (χ1v) is 8.66. The predicted octanol–water partition coefficient (Wildman–Crippen LogP) is 4.44. The molecule has 1 saturated carbocycles. The van der Waals surface area contributed by atoms with E-state index in [1.54, 1.807) is 18.5 Å². The normalized spacial score (nSPS) is 15.1. The maximum absolute atomic E-state index is 12.3. The molecule has 6 heteroatoms. The molecular formula is C18H21ClN4O. The molecule has 3 rings (SSSR count). The Kier molecular flexibility index (Phi) is 5.30. The Morgan fingerprint density at radius 3 is 2.54 bits per heavy atom. The van der Waals surface area contributed by atoms with Gasteiger partial charge in [0.2, 0.25) is 5.95 Å². The van der Waals surface area contributed by atoms with E-state index in [0.717, 1.165) is 18.4 Å². The van der Waals surface area contributed by atoms with Gasteiger partial charge in [0, 0.05) is 29.1 Å². The van der Waals surface area contributed by atoms with Gasteiger partial charge in [-0.15, -0.1) is 0 Å². The summed E-state index contributed by atoms with van der Waals surface area (Å²) in [4.78, 5) is 20.8. The highest BCUT2D eigenvalue weighted by molar-refractivity contribution is 6.31. The van der Waals surface area contributed by atoms with Gasteiger partial charge in [0.25, 0.3) is 5.91 Å². The van der Waals surface area contributed by atoms with Gasteiger partial charge in [-0.3, -0.25) is 4.79 Å². The lowest BCUT2D eigenvalue weighted by Crippen LogP contribution is -2.23. The minimum atomic E-state index is -0.251. The van der Waals surface area contributed by atoms with Crippen molar-refractivity contribution in [2.24, 2.45) is 0 Å². The topological polar surface area (TPSA) is 66.9 Å². The lowest BCUT2D eigenvalue weighted by atomic mass is 9.96. The van der Waals surface area contributed by atoms with Crippen LogP contribution >= 0.6 is 11.6 Å². The zero-order valence-electron chi connectivity index (χ0n) is 13.7. The lowest BCUT2D eigenvalue weighted by molar-refractivity contribution is 0.102. The van der Waals surface area contributed by atoms with E-state index in [2.05, 4.69) is 20.6 Å². The zero-order valence-corrected chi connectivity index (χ0v) is 14.4. The molecule has 126 valence electrons. The summed E-state index contributed by atoms with van der Waals surface area (Å²) >= 11 is 6.07. The minimum absolute atomic E-state index is 0.251. The Balaban J connectivity index is 1.61. The van der Waals surface area contributed by atoms with E-state index in [1.807, 2.05) is 19.1 Å². The highest BCUT2D eigenvalue weighted by Crippen LogP contribution is 2.21. The molecule has 0 radical (unpaired) electrons. The van der Waals surface area contributed by atoms with Gasteiger partial charge in [-0.05, 0) is 37.5 Å². The summed E-state index contributed by atoms with van der Waals surface area (Å²) < 4.78 is 0. The van der Waals surface area contributed by atoms with E-state index >= 15 is 0 Å². The van der Waals surface area contributed by atoms with Crippen molar-refractivity contribution in [3.8, 4) is 0 Å². The number of aromatic nitrogens is 2. The van der Waals surface area contributed by atoms with Crippen molar-refractivity contribution >= 4 is 29.1 Å². The maximum Gasteiger partial charge on any atom is 0.258 e. The van der Waals surface area contributed by atoms with Crippen LogP contribution in [0.25, 0.3) is 0 Å². The van der Waals surface area contributed by atoms with Gasteiger partial charge in [-0.1, -0.05) is 36.9 Å². The van der Waals surface area contributed by atoms with E-state index in [0.29, 0.717) is 28.3 Å². The van der Waals surface area contributed by atoms with Crippen molar-refractivity contribution in [3.05, 3.63) is 46.7 Å². The first-order valence-electron chi connectivity index (χ1n) is 8.28. The molecule has 0 atom stereocenters. The average molecular weight is 345 g/mol. The van der Waals surface area contributed by atoms with Crippen LogP contribution in [0.4, 0.5) is 11.6 Å². The van der Waals surface area contributed by atoms with Gasteiger partial charge in [-0.2, -0.15) is 0 Å². The first kappa shape index (κ1) is 16.7. The summed E-state index contributed by atoms with van der Waals surface area (Å²) in [5.74, 6) is 0.330. The van der Waals surface area contributed by atoms with E-state index in [4.69, 9.17) is 11.6 Å². The average Bonchev–Trinajstić information content (AvgIpc) is 2.60. The second-order valence-corrected chi connectivity index (χ2v) is 6.60. The van der Waals surface area contributed by atoms with E-state index in [9.17, 15) is 4.79 Å². The molecule has 1 aliphatic carbocycles. The van der Waals surface area contributed by atoms with Crippen LogP contribution < -0.4 is 10.6 Å². The molecule has 0 saturated heterocycles. The molecule has 2 N–H and O–H groups in total. The molecule has 0 spiro atoms. The van der Waals surface area contributed by atoms with Crippen molar-refractivity contribution in [3.63, 3.8) is 0 Å². The smallest absolute Gasteiger partial charge is 0.258 e. The molecule has 1 aromatic carbocycles. The minimum Gasteiger partial charge on any atom is -0.351 e. The van der Waals surface area contributed by atoms with Crippen molar-refractivity contribution in [1.29, 1.82) is 0 Å². The van der Waals surface area contributed by atoms with Crippen LogP contribution in [0, 0.1) is 6.92 Å². The molecule has 1 fully saturated rings. The molecule has 1 aromatic heterocycles. The maximum atomic E-state index is 12.3. The molecule has 0 unspecified atom stereocenters. The Bertz CT molecular complexity index is 711. The summed E-state index contributed by atoms with van der Waals surface area (Å²) in [7, 11) is 0. The van der Waals surface area contributed by atoms with Gasteiger partial charge in [0.1, 0.15) is 0 Å². The molecule has 2 aromatic rings. The number of anilines is 2. The number of hydrogen-bond donors (Lipinski definition) is 2. The highest BCUT2D eigenvalue weighted by atomic mass is 35.5. The number of carbonyl (C=O) groups excluding carboxylic acids is 1. The summed E-state index contributed by atoms with van der Waals surface area (Å²) in [5.41, 5.74) is 2.04. The van der Waals surface area contributed by atoms with Crippen LogP contribution in [0.3, 0.4) is 0 Å². The summed E-state index contributed by atoms with van der Waals surface area (Å²) in [5, 5.41) is 6.76. The second kappa shape index (κ2) is 7.62. The van der Waals surface area contributed by atoms with Crippen LogP contribution in [0.1, 0.15) is 48.0 Å². The molecule has 0 bridgehead atoms. The fraction of sp³-hybridized carbons (Fsp3) is 0.389. The number of halogens is 1. The van der Waals surface area contributed by atoms with E-state index in [-0.39, 0.29) is 5.91 Å². The quantitative estimate of drug-likeness (QED) is 0.860. The summed E-state index contributed by atoms with van der Waals surface area (Å²) in [6, 6.07) is 5.85. The number of amides is 1. The Labute approximate surface area is 146 Å². The van der Waals surface area contributed by atoms with Gasteiger partial charge in [0.05, 0.1) is 5.56 Å². The molecule has 24 heavy (non-hydrogen) atoms. The van der Waals surface area contributed by atoms with Gasteiger partial charge < -0.3 is 10.6 Å². The number of hydrogen-bond acceptors (Lipinski definition) is 4. The Morgan fingerprint density at radius 1 is 1.17 bits per heavy atom. The summed E-state index contributed by atoms with van der Waals surface area (Å²) in [6.45, 7) is 1.92. The van der Waals surface area contributed by atoms with E-state index < -0.39 is 0 Å². The molecule has 5 nitrogen and oxygen atoms in total. The Morgan fingerprint density at radius 2 is 1.88 bits per heavy atom. The fourth-order valence-electron chi connectivity index (χ4n) is 2.82. The zero-order chi connectivity index (χ0) is 16.9. The number of nitrogens with one attached hydrogen (secondary N) is 2. The molecule has 1 heterocycles. The predicted molar refractivity (Wildman–Crippen MR) is 96.7 cm³/mol. The first-order chi connectivity index (χ1) is 11.6. The lowest BCUT2D eigenvalue weighted by Gasteiger charge is -2.22. The number of rotatable bonds is 4. The standard InChI is InChI=1S/C18H21ClN4O/c1-12-7-8-15(9-16(12)19)22-17(24)13-10-20-18(21-11-13)23-14-5-3-2-4-6-14/h7-11,14H,2-6H2,1H3,(H,22,24)(H,20,21,23). The van der Waals surface area contributed by atoms with Crippen molar-refractivity contribution in [1.82, 2.24) is 9.97 Å². The largest absolute Gasteiger partial charge is 0.351 e. The number of benzene rings is 1. The number of nitrogens with zero attached hydrogens (tertiary/aromatic N) is 2. The van der Waals surface area contributed by atoms with Crippen LogP contribution in [0.15, 0.2) is 30.6 Å². The van der Waals surface area contributed by atoms with Gasteiger partial charge >= 0.3 is 0 Å². The summed E-state index contributed by atoms with van der Waals surface area (Å²) in [6.07, 6.45) is 9.20. The van der Waals surface area contributed by atoms with Crippen molar-refractivity contribution in [2.45, 2.75) is 45.1 Å². The number of carbonyl (C=O) groups is 1. The monoisotopic (exact) mass is 344 g/mol. The second-order valence-electron chi connectivity index (χ2n) is 6.19. The third kappa shape index (κ3) is 4.23. The Hall–Kier alpha value is -2.14. The van der Waals surface area contributed by atoms with Crippen LogP contribution in [-0.4, -0.2) is 21.9 Å². The molecule has 1 amide bonds. The molecular weight excluding hydrogens is 324 g/mol. The van der Waals surface area contributed by atoms with Gasteiger partial charge in [0.15, 0.2) is 0 Å². The van der Waals surface area contributed by atoms with Crippen LogP contribution in [0.2, 0.25) is 5.02 Å². The third-order valence-electron chi connectivity index (χ3n) is 4.28. The van der Waals surface area contributed by atoms with Crippen LogP contribution in [0.5, 0.6) is 0 Å². The van der Waals surface area contributed by atoms with E-state index in [1.165, 1.54) is 19.3 Å². The highest BCUT2D eigenvalue weighted by Gasteiger charge is 2.14. The molecule has 1 aliphatic rings. The van der Waals surface area contributed by atoms with Crippen LogP contribution in [-0.2, 0) is 0 Å². The number of aryl methyl sites for hydroxylation is 1. The van der Waals surface area contributed by atoms with Gasteiger partial charge in [-0.25, -0.2) is 9.97 Å². The van der Waals surface area contributed by atoms with Crippen molar-refractivity contribution in [2.75, 3.05) is 10.6 Å². The SMILES string of the molecule is Cc1ccc(NC(=O)c2cnc(NC3CCCCC3)nc2)cc1Cl.